The molecule has 0 aromatic carbocycles. The van der Waals surface area contributed by atoms with Crippen molar-refractivity contribution < 1.29 is 0 Å². The van der Waals surface area contributed by atoms with Crippen molar-refractivity contribution in [2.75, 3.05) is 0 Å². The van der Waals surface area contributed by atoms with Gasteiger partial charge in [0, 0.05) is 18.1 Å². The normalized spacial score (nSPS) is 32.5. The van der Waals surface area contributed by atoms with Gasteiger partial charge in [0.25, 0.3) is 0 Å². The fourth-order valence-corrected chi connectivity index (χ4v) is 1.52. The summed E-state index contributed by atoms with van der Waals surface area (Å²) in [7, 11) is 0. The lowest BCUT2D eigenvalue weighted by atomic mass is 9.87. The third kappa shape index (κ3) is 2.64. The highest BCUT2D eigenvalue weighted by Gasteiger charge is 2.25. The van der Waals surface area contributed by atoms with E-state index in [0.29, 0.717) is 18.1 Å². The zero-order valence-electron chi connectivity index (χ0n) is 7.22. The third-order valence-corrected chi connectivity index (χ3v) is 2.21. The molecular weight excluding hydrogens is 136 g/mol. The predicted octanol–water partition coefficient (Wildman–Crippen LogP) is 1.03. The standard InChI is InChI=1S/C9H18N2/c1-3-4-7(2)11-9-5-8(10)6-9/h3,7-9,11H,1,4-6,10H2,2H3. The molecule has 2 nitrogen and oxygen atoms in total. The van der Waals surface area contributed by atoms with Crippen LogP contribution in [0.25, 0.3) is 0 Å². The van der Waals surface area contributed by atoms with Gasteiger partial charge in [0.05, 0.1) is 0 Å². The minimum Gasteiger partial charge on any atom is -0.328 e. The Morgan fingerprint density at radius 3 is 2.82 bits per heavy atom. The van der Waals surface area contributed by atoms with Crippen molar-refractivity contribution in [3.63, 3.8) is 0 Å². The largest absolute Gasteiger partial charge is 0.328 e. The minimum absolute atomic E-state index is 0.448. The van der Waals surface area contributed by atoms with Crippen LogP contribution in [0.2, 0.25) is 0 Å². The molecule has 0 bridgehead atoms. The Hall–Kier alpha value is -0.340. The first kappa shape index (κ1) is 8.75. The minimum atomic E-state index is 0.448. The fourth-order valence-electron chi connectivity index (χ4n) is 1.52. The van der Waals surface area contributed by atoms with Gasteiger partial charge in [-0.15, -0.1) is 6.58 Å². The third-order valence-electron chi connectivity index (χ3n) is 2.21. The van der Waals surface area contributed by atoms with Crippen LogP contribution in [0, 0.1) is 0 Å². The average molecular weight is 154 g/mol. The molecule has 3 N–H and O–H groups in total. The molecule has 0 aliphatic heterocycles. The quantitative estimate of drug-likeness (QED) is 0.594. The van der Waals surface area contributed by atoms with Crippen LogP contribution in [-0.4, -0.2) is 18.1 Å². The van der Waals surface area contributed by atoms with Crippen LogP contribution in [0.4, 0.5) is 0 Å². The molecule has 1 unspecified atom stereocenters. The van der Waals surface area contributed by atoms with E-state index in [4.69, 9.17) is 5.73 Å². The molecule has 0 amide bonds. The highest BCUT2D eigenvalue weighted by Crippen LogP contribution is 2.18. The first-order chi connectivity index (χ1) is 5.22. The second-order valence-electron chi connectivity index (χ2n) is 3.52. The van der Waals surface area contributed by atoms with Gasteiger partial charge < -0.3 is 11.1 Å². The van der Waals surface area contributed by atoms with Gasteiger partial charge >= 0.3 is 0 Å². The molecule has 0 spiro atoms. The monoisotopic (exact) mass is 154 g/mol. The van der Waals surface area contributed by atoms with Crippen LogP contribution in [-0.2, 0) is 0 Å². The maximum absolute atomic E-state index is 5.66. The molecular formula is C9H18N2. The summed E-state index contributed by atoms with van der Waals surface area (Å²) < 4.78 is 0. The molecule has 1 fully saturated rings. The molecule has 11 heavy (non-hydrogen) atoms. The molecule has 0 heterocycles. The van der Waals surface area contributed by atoms with E-state index in [-0.39, 0.29) is 0 Å². The van der Waals surface area contributed by atoms with Gasteiger partial charge in [0.15, 0.2) is 0 Å². The molecule has 1 rings (SSSR count). The van der Waals surface area contributed by atoms with Crippen molar-refractivity contribution in [2.45, 2.75) is 44.3 Å². The first-order valence-corrected chi connectivity index (χ1v) is 4.35. The van der Waals surface area contributed by atoms with E-state index in [1.165, 1.54) is 0 Å². The molecule has 1 aliphatic carbocycles. The van der Waals surface area contributed by atoms with Crippen molar-refractivity contribution in [2.24, 2.45) is 5.73 Å². The number of nitrogens with one attached hydrogen (secondary N) is 1. The average Bonchev–Trinajstić information content (AvgIpc) is 1.85. The number of nitrogens with two attached hydrogens (primary N) is 1. The van der Waals surface area contributed by atoms with Gasteiger partial charge in [-0.05, 0) is 26.2 Å². The Morgan fingerprint density at radius 1 is 1.73 bits per heavy atom. The summed E-state index contributed by atoms with van der Waals surface area (Å²) in [6.45, 7) is 5.89. The molecule has 1 atom stereocenters. The van der Waals surface area contributed by atoms with E-state index in [2.05, 4.69) is 18.8 Å². The molecule has 0 saturated heterocycles. The van der Waals surface area contributed by atoms with E-state index in [9.17, 15) is 0 Å². The second kappa shape index (κ2) is 3.88. The lowest BCUT2D eigenvalue weighted by Crippen LogP contribution is -2.50. The van der Waals surface area contributed by atoms with Crippen molar-refractivity contribution in [3.8, 4) is 0 Å². The maximum Gasteiger partial charge on any atom is 0.00991 e. The fraction of sp³-hybridized carbons (Fsp3) is 0.778. The Kier molecular flexibility index (Phi) is 3.09. The highest BCUT2D eigenvalue weighted by atomic mass is 15.0. The lowest BCUT2D eigenvalue weighted by Gasteiger charge is -2.35. The molecule has 1 saturated carbocycles. The van der Waals surface area contributed by atoms with Crippen LogP contribution in [0.3, 0.4) is 0 Å². The first-order valence-electron chi connectivity index (χ1n) is 4.35. The number of rotatable bonds is 4. The van der Waals surface area contributed by atoms with Gasteiger partial charge in [0.1, 0.15) is 0 Å². The number of hydrogen-bond acceptors (Lipinski definition) is 2. The molecule has 64 valence electrons. The van der Waals surface area contributed by atoms with E-state index in [1.807, 2.05) is 6.08 Å². The zero-order chi connectivity index (χ0) is 8.27. The predicted molar refractivity (Wildman–Crippen MR) is 48.4 cm³/mol. The molecule has 0 aromatic heterocycles. The maximum atomic E-state index is 5.66. The Bertz CT molecular complexity index is 128. The van der Waals surface area contributed by atoms with Crippen LogP contribution in [0.5, 0.6) is 0 Å². The highest BCUT2D eigenvalue weighted by molar-refractivity contribution is 4.90. The van der Waals surface area contributed by atoms with Crippen molar-refractivity contribution in [1.82, 2.24) is 5.32 Å². The Morgan fingerprint density at radius 2 is 2.36 bits per heavy atom. The van der Waals surface area contributed by atoms with Gasteiger partial charge in [0.2, 0.25) is 0 Å². The Balaban J connectivity index is 2.06. The van der Waals surface area contributed by atoms with Crippen molar-refractivity contribution >= 4 is 0 Å². The van der Waals surface area contributed by atoms with Crippen LogP contribution in [0.1, 0.15) is 26.2 Å². The summed E-state index contributed by atoms with van der Waals surface area (Å²) in [5, 5.41) is 3.50. The van der Waals surface area contributed by atoms with Crippen LogP contribution in [0.15, 0.2) is 12.7 Å². The van der Waals surface area contributed by atoms with E-state index >= 15 is 0 Å². The summed E-state index contributed by atoms with van der Waals surface area (Å²) in [4.78, 5) is 0. The summed E-state index contributed by atoms with van der Waals surface area (Å²) in [5.74, 6) is 0. The molecule has 0 radical (unpaired) electrons. The molecule has 1 aliphatic rings. The summed E-state index contributed by atoms with van der Waals surface area (Å²) in [6.07, 6.45) is 5.28. The van der Waals surface area contributed by atoms with Crippen LogP contribution >= 0.6 is 0 Å². The lowest BCUT2D eigenvalue weighted by molar-refractivity contribution is 0.271. The Labute approximate surface area is 68.9 Å². The SMILES string of the molecule is C=CCC(C)NC1CC(N)C1. The zero-order valence-corrected chi connectivity index (χ0v) is 7.22. The molecule has 0 aromatic rings. The smallest absolute Gasteiger partial charge is 0.00991 e. The van der Waals surface area contributed by atoms with Crippen LogP contribution < -0.4 is 11.1 Å². The topological polar surface area (TPSA) is 38.0 Å². The molecule has 2 heteroatoms. The summed E-state index contributed by atoms with van der Waals surface area (Å²) in [5.41, 5.74) is 5.66. The summed E-state index contributed by atoms with van der Waals surface area (Å²) in [6, 6.07) is 1.67. The van der Waals surface area contributed by atoms with Gasteiger partial charge in [-0.2, -0.15) is 0 Å². The van der Waals surface area contributed by atoms with Gasteiger partial charge in [-0.3, -0.25) is 0 Å². The van der Waals surface area contributed by atoms with E-state index in [0.717, 1.165) is 19.3 Å². The van der Waals surface area contributed by atoms with Crippen molar-refractivity contribution in [3.05, 3.63) is 12.7 Å². The van der Waals surface area contributed by atoms with E-state index < -0.39 is 0 Å². The summed E-state index contributed by atoms with van der Waals surface area (Å²) >= 11 is 0. The van der Waals surface area contributed by atoms with Gasteiger partial charge in [-0.25, -0.2) is 0 Å². The van der Waals surface area contributed by atoms with Crippen molar-refractivity contribution in [1.29, 1.82) is 0 Å². The van der Waals surface area contributed by atoms with Gasteiger partial charge in [-0.1, -0.05) is 6.08 Å². The second-order valence-corrected chi connectivity index (χ2v) is 3.52. The number of hydrogen-bond donors (Lipinski definition) is 2. The van der Waals surface area contributed by atoms with E-state index in [1.54, 1.807) is 0 Å².